The van der Waals surface area contributed by atoms with E-state index in [0.29, 0.717) is 63.6 Å². The summed E-state index contributed by atoms with van der Waals surface area (Å²) in [6, 6.07) is 15.2. The predicted molar refractivity (Wildman–Crippen MR) is 188 cm³/mol. The van der Waals surface area contributed by atoms with Crippen LogP contribution in [0.1, 0.15) is 61.3 Å². The molecule has 0 bridgehead atoms. The van der Waals surface area contributed by atoms with Gasteiger partial charge in [0.05, 0.1) is 30.3 Å². The lowest BCUT2D eigenvalue weighted by molar-refractivity contribution is -0.133. The molecule has 256 valence electrons. The molecule has 0 radical (unpaired) electrons. The van der Waals surface area contributed by atoms with Crippen molar-refractivity contribution in [3.63, 3.8) is 0 Å². The van der Waals surface area contributed by atoms with Gasteiger partial charge in [-0.25, -0.2) is 19.6 Å². The highest BCUT2D eigenvalue weighted by molar-refractivity contribution is 6.06. The van der Waals surface area contributed by atoms with Crippen molar-refractivity contribution in [3.8, 4) is 0 Å². The molecule has 3 heterocycles. The molecule has 1 fully saturated rings. The van der Waals surface area contributed by atoms with E-state index in [9.17, 15) is 14.4 Å². The number of rotatable bonds is 13. The maximum absolute atomic E-state index is 14.0. The summed E-state index contributed by atoms with van der Waals surface area (Å²) in [5, 5.41) is 3.88. The Morgan fingerprint density at radius 3 is 2.62 bits per heavy atom. The maximum Gasteiger partial charge on any atom is 0.337 e. The first-order valence-corrected chi connectivity index (χ1v) is 17.1. The van der Waals surface area contributed by atoms with Crippen molar-refractivity contribution in [2.24, 2.45) is 0 Å². The molecule has 12 nitrogen and oxygen atoms in total. The van der Waals surface area contributed by atoms with E-state index in [1.54, 1.807) is 12.1 Å². The molecule has 2 aromatic carbocycles. The molecule has 48 heavy (non-hydrogen) atoms. The smallest absolute Gasteiger partial charge is 0.337 e. The number of anilines is 1. The minimum absolute atomic E-state index is 0.00511. The number of nitrogens with zero attached hydrogens (tertiary/aromatic N) is 6. The van der Waals surface area contributed by atoms with Gasteiger partial charge in [-0.05, 0) is 49.9 Å². The summed E-state index contributed by atoms with van der Waals surface area (Å²) in [5.74, 6) is 0.987. The predicted octanol–water partition coefficient (Wildman–Crippen LogP) is 4.45. The number of nitrogen functional groups attached to an aromatic ring is 1. The zero-order chi connectivity index (χ0) is 34.0. The molecule has 0 unspecified atom stereocenters. The molecular weight excluding hydrogens is 608 g/mol. The van der Waals surface area contributed by atoms with Crippen LogP contribution in [0.2, 0.25) is 0 Å². The second-order valence-electron chi connectivity index (χ2n) is 12.3. The van der Waals surface area contributed by atoms with Gasteiger partial charge in [-0.3, -0.25) is 9.69 Å². The number of pyridine rings is 1. The lowest BCUT2D eigenvalue weighted by atomic mass is 10.1. The molecule has 0 saturated carbocycles. The second kappa shape index (κ2) is 16.4. The summed E-state index contributed by atoms with van der Waals surface area (Å²) in [5.41, 5.74) is 10.2. The Morgan fingerprint density at radius 1 is 1.00 bits per heavy atom. The number of aromatic nitrogens is 3. The maximum atomic E-state index is 14.0. The van der Waals surface area contributed by atoms with Crippen LogP contribution in [0.5, 0.6) is 0 Å². The van der Waals surface area contributed by atoms with Crippen LogP contribution in [0.15, 0.2) is 48.5 Å². The average Bonchev–Trinajstić information content (AvgIpc) is 3.30. The third kappa shape index (κ3) is 8.22. The molecule has 2 aromatic heterocycles. The third-order valence-corrected chi connectivity index (χ3v) is 8.89. The van der Waals surface area contributed by atoms with Crippen molar-refractivity contribution in [2.75, 3.05) is 58.7 Å². The Morgan fingerprint density at radius 2 is 1.83 bits per heavy atom. The largest absolute Gasteiger partial charge is 0.465 e. The Labute approximate surface area is 282 Å². The number of urea groups is 1. The van der Waals surface area contributed by atoms with Crippen molar-refractivity contribution in [1.29, 1.82) is 0 Å². The highest BCUT2D eigenvalue weighted by atomic mass is 16.5. The van der Waals surface area contributed by atoms with Crippen molar-refractivity contribution in [1.82, 2.24) is 34.6 Å². The Hall–Kier alpha value is -4.71. The molecule has 5 rings (SSSR count). The summed E-state index contributed by atoms with van der Waals surface area (Å²) in [6.45, 7) is 9.01. The van der Waals surface area contributed by atoms with Crippen LogP contribution >= 0.6 is 0 Å². The SMILES string of the molecule is CCCCc1nc2c(N)nc3ccccc3c2n1CCCN(Cc1cccc(C(=O)OC)c1)C(=O)CN1CCCN(C(=O)NCC)CC1. The molecule has 1 aliphatic heterocycles. The van der Waals surface area contributed by atoms with Crippen LogP contribution in [-0.4, -0.2) is 100 Å². The van der Waals surface area contributed by atoms with Gasteiger partial charge in [-0.1, -0.05) is 43.7 Å². The van der Waals surface area contributed by atoms with Crippen molar-refractivity contribution in [3.05, 3.63) is 65.5 Å². The molecule has 3 N–H and O–H groups in total. The number of imidazole rings is 1. The van der Waals surface area contributed by atoms with Gasteiger partial charge in [0.25, 0.3) is 0 Å². The minimum Gasteiger partial charge on any atom is -0.465 e. The number of ether oxygens (including phenoxy) is 1. The number of nitrogens with two attached hydrogens (primary N) is 1. The molecule has 0 atom stereocenters. The Bertz CT molecular complexity index is 1740. The first-order valence-electron chi connectivity index (χ1n) is 17.1. The summed E-state index contributed by atoms with van der Waals surface area (Å²) in [7, 11) is 1.36. The van der Waals surface area contributed by atoms with Gasteiger partial charge >= 0.3 is 12.0 Å². The van der Waals surface area contributed by atoms with Crippen LogP contribution in [-0.2, 0) is 29.0 Å². The normalized spacial score (nSPS) is 13.9. The van der Waals surface area contributed by atoms with E-state index in [1.807, 2.05) is 47.1 Å². The first kappa shape index (κ1) is 34.6. The number of benzene rings is 2. The topological polar surface area (TPSA) is 139 Å². The van der Waals surface area contributed by atoms with E-state index < -0.39 is 5.97 Å². The zero-order valence-electron chi connectivity index (χ0n) is 28.4. The van der Waals surface area contributed by atoms with E-state index in [1.165, 1.54) is 7.11 Å². The van der Waals surface area contributed by atoms with Crippen LogP contribution < -0.4 is 11.1 Å². The molecule has 3 amide bonds. The summed E-state index contributed by atoms with van der Waals surface area (Å²) in [4.78, 5) is 54.1. The van der Waals surface area contributed by atoms with Gasteiger partial charge in [0.1, 0.15) is 11.3 Å². The lowest BCUT2D eigenvalue weighted by Crippen LogP contribution is -2.44. The number of fused-ring (bicyclic) bond motifs is 3. The summed E-state index contributed by atoms with van der Waals surface area (Å²) >= 11 is 0. The number of hydrogen-bond acceptors (Lipinski definition) is 8. The third-order valence-electron chi connectivity index (χ3n) is 8.89. The van der Waals surface area contributed by atoms with E-state index in [4.69, 9.17) is 15.5 Å². The standard InChI is InChI=1S/C36H48N8O4/c1-4-6-16-30-40-32-33(28-14-7-8-15-29(28)39-34(32)37)44(30)20-11-19-43(24-26-12-9-13-27(23-26)35(46)48-3)31(45)25-41-17-10-18-42(22-21-41)36(47)38-5-2/h7-9,12-15,23H,4-6,10-11,16-22,24-25H2,1-3H3,(H2,37,39)(H,38,47). The van der Waals surface area contributed by atoms with Crippen LogP contribution in [0, 0.1) is 0 Å². The van der Waals surface area contributed by atoms with E-state index in [0.717, 1.165) is 65.6 Å². The molecular formula is C36H48N8O4. The number of nitrogens with one attached hydrogen (secondary N) is 1. The fourth-order valence-corrected chi connectivity index (χ4v) is 6.40. The van der Waals surface area contributed by atoms with Crippen molar-refractivity contribution >= 4 is 45.7 Å². The highest BCUT2D eigenvalue weighted by Gasteiger charge is 2.24. The summed E-state index contributed by atoms with van der Waals surface area (Å²) < 4.78 is 7.20. The highest BCUT2D eigenvalue weighted by Crippen LogP contribution is 2.29. The number of hydrogen-bond donors (Lipinski definition) is 2. The first-order chi connectivity index (χ1) is 23.3. The number of carbonyl (C=O) groups is 3. The van der Waals surface area contributed by atoms with Crippen LogP contribution in [0.25, 0.3) is 21.9 Å². The van der Waals surface area contributed by atoms with Gasteiger partial charge in [0, 0.05) is 64.2 Å². The monoisotopic (exact) mass is 656 g/mol. The molecule has 0 aliphatic carbocycles. The van der Waals surface area contributed by atoms with Gasteiger partial charge in [-0.15, -0.1) is 0 Å². The fourth-order valence-electron chi connectivity index (χ4n) is 6.40. The number of esters is 1. The average molecular weight is 657 g/mol. The second-order valence-corrected chi connectivity index (χ2v) is 12.3. The number of carbonyl (C=O) groups excluding carboxylic acids is 3. The minimum atomic E-state index is -0.413. The van der Waals surface area contributed by atoms with Crippen LogP contribution in [0.4, 0.5) is 10.6 Å². The number of aryl methyl sites for hydroxylation is 2. The fraction of sp³-hybridized carbons (Fsp3) is 0.472. The Balaban J connectivity index is 1.37. The van der Waals surface area contributed by atoms with E-state index in [2.05, 4.69) is 32.8 Å². The number of unbranched alkanes of at least 4 members (excludes halogenated alkanes) is 1. The van der Waals surface area contributed by atoms with Gasteiger partial charge in [-0.2, -0.15) is 0 Å². The number of methoxy groups -OCH3 is 1. The van der Waals surface area contributed by atoms with E-state index >= 15 is 0 Å². The number of para-hydroxylation sites is 1. The number of amides is 3. The molecule has 1 saturated heterocycles. The summed E-state index contributed by atoms with van der Waals surface area (Å²) in [6.07, 6.45) is 4.36. The molecule has 4 aromatic rings. The van der Waals surface area contributed by atoms with Gasteiger partial charge < -0.3 is 30.2 Å². The molecule has 1 aliphatic rings. The Kier molecular flexibility index (Phi) is 11.8. The van der Waals surface area contributed by atoms with Crippen molar-refractivity contribution < 1.29 is 19.1 Å². The lowest BCUT2D eigenvalue weighted by Gasteiger charge is -2.27. The molecule has 0 spiro atoms. The van der Waals surface area contributed by atoms with Crippen molar-refractivity contribution in [2.45, 2.75) is 59.0 Å². The molecule has 12 heteroatoms. The zero-order valence-corrected chi connectivity index (χ0v) is 28.4. The van der Waals surface area contributed by atoms with Crippen LogP contribution in [0.3, 0.4) is 0 Å². The van der Waals surface area contributed by atoms with E-state index in [-0.39, 0.29) is 18.5 Å². The van der Waals surface area contributed by atoms with Gasteiger partial charge in [0.2, 0.25) is 5.91 Å². The van der Waals surface area contributed by atoms with Gasteiger partial charge in [0.15, 0.2) is 5.82 Å². The quantitative estimate of drug-likeness (QED) is 0.201.